The number of nitrogens with one attached hydrogen (secondary N) is 1. The molecule has 1 fully saturated rings. The molecule has 1 nitrogen and oxygen atoms in total. The van der Waals surface area contributed by atoms with Crippen molar-refractivity contribution in [2.75, 3.05) is 13.1 Å². The lowest BCUT2D eigenvalue weighted by Crippen LogP contribution is -2.30. The molecule has 0 saturated carbocycles. The molecule has 1 atom stereocenters. The fraction of sp³-hybridized carbons (Fsp3) is 0.455. The molecule has 1 aromatic rings. The second-order valence-electron chi connectivity index (χ2n) is 4.03. The SMILES string of the molecule is Fc1c(F)c(C2CCCNC2)c(F)c(F)c1Br. The van der Waals surface area contributed by atoms with Gasteiger partial charge >= 0.3 is 0 Å². The Hall–Kier alpha value is -0.620. The maximum atomic E-state index is 13.6. The third kappa shape index (κ3) is 2.20. The van der Waals surface area contributed by atoms with Gasteiger partial charge in [0.2, 0.25) is 0 Å². The zero-order chi connectivity index (χ0) is 12.6. The van der Waals surface area contributed by atoms with Gasteiger partial charge in [-0.05, 0) is 35.3 Å². The summed E-state index contributed by atoms with van der Waals surface area (Å²) in [5.74, 6) is -5.87. The van der Waals surface area contributed by atoms with Crippen LogP contribution in [0.1, 0.15) is 24.3 Å². The lowest BCUT2D eigenvalue weighted by Gasteiger charge is -2.24. The molecule has 1 aliphatic rings. The third-order valence-corrected chi connectivity index (χ3v) is 3.65. The van der Waals surface area contributed by atoms with E-state index in [0.29, 0.717) is 13.0 Å². The van der Waals surface area contributed by atoms with Crippen LogP contribution in [-0.2, 0) is 0 Å². The van der Waals surface area contributed by atoms with Crippen molar-refractivity contribution < 1.29 is 17.6 Å². The minimum Gasteiger partial charge on any atom is -0.316 e. The van der Waals surface area contributed by atoms with Crippen LogP contribution in [0.25, 0.3) is 0 Å². The van der Waals surface area contributed by atoms with Gasteiger partial charge < -0.3 is 5.32 Å². The predicted octanol–water partition coefficient (Wildman–Crippen LogP) is 3.47. The van der Waals surface area contributed by atoms with Crippen LogP contribution in [0.4, 0.5) is 17.6 Å². The van der Waals surface area contributed by atoms with E-state index < -0.39 is 39.2 Å². The van der Waals surface area contributed by atoms with E-state index in [-0.39, 0.29) is 0 Å². The number of piperidine rings is 1. The summed E-state index contributed by atoms with van der Waals surface area (Å²) < 4.78 is 53.2. The summed E-state index contributed by atoms with van der Waals surface area (Å²) in [5, 5.41) is 2.95. The van der Waals surface area contributed by atoms with Gasteiger partial charge in [0.25, 0.3) is 0 Å². The van der Waals surface area contributed by atoms with Crippen molar-refractivity contribution in [1.82, 2.24) is 5.32 Å². The molecule has 1 unspecified atom stereocenters. The largest absolute Gasteiger partial charge is 0.316 e. The average molecular weight is 312 g/mol. The molecule has 1 saturated heterocycles. The maximum absolute atomic E-state index is 13.6. The molecule has 0 bridgehead atoms. The molecule has 0 amide bonds. The molecule has 2 rings (SSSR count). The molecule has 1 aromatic carbocycles. The first kappa shape index (κ1) is 12.8. The zero-order valence-electron chi connectivity index (χ0n) is 8.80. The average Bonchev–Trinajstić information content (AvgIpc) is 2.36. The quantitative estimate of drug-likeness (QED) is 0.476. The zero-order valence-corrected chi connectivity index (χ0v) is 10.4. The van der Waals surface area contributed by atoms with E-state index in [4.69, 9.17) is 0 Å². The molecule has 94 valence electrons. The van der Waals surface area contributed by atoms with Gasteiger partial charge in [0.1, 0.15) is 0 Å². The van der Waals surface area contributed by atoms with Gasteiger partial charge in [-0.15, -0.1) is 0 Å². The second kappa shape index (κ2) is 4.94. The number of hydrogen-bond acceptors (Lipinski definition) is 1. The van der Waals surface area contributed by atoms with Gasteiger partial charge in [-0.1, -0.05) is 0 Å². The van der Waals surface area contributed by atoms with E-state index in [1.165, 1.54) is 0 Å². The minimum atomic E-state index is -1.37. The van der Waals surface area contributed by atoms with Crippen LogP contribution in [0, 0.1) is 23.3 Å². The smallest absolute Gasteiger partial charge is 0.176 e. The lowest BCUT2D eigenvalue weighted by molar-refractivity contribution is 0.388. The van der Waals surface area contributed by atoms with Gasteiger partial charge in [0.05, 0.1) is 4.47 Å². The van der Waals surface area contributed by atoms with E-state index in [1.807, 2.05) is 0 Å². The Balaban J connectivity index is 2.52. The molecule has 0 aliphatic carbocycles. The van der Waals surface area contributed by atoms with E-state index in [1.54, 1.807) is 0 Å². The van der Waals surface area contributed by atoms with Crippen molar-refractivity contribution in [2.45, 2.75) is 18.8 Å². The van der Waals surface area contributed by atoms with Gasteiger partial charge in [0, 0.05) is 18.0 Å². The Morgan fingerprint density at radius 3 is 2.06 bits per heavy atom. The molecule has 0 spiro atoms. The van der Waals surface area contributed by atoms with Crippen molar-refractivity contribution in [3.8, 4) is 0 Å². The van der Waals surface area contributed by atoms with Crippen LogP contribution in [0.3, 0.4) is 0 Å². The molecule has 0 radical (unpaired) electrons. The number of benzene rings is 1. The Bertz CT molecular complexity index is 415. The van der Waals surface area contributed by atoms with E-state index in [2.05, 4.69) is 21.2 Å². The maximum Gasteiger partial charge on any atom is 0.176 e. The second-order valence-corrected chi connectivity index (χ2v) is 4.82. The van der Waals surface area contributed by atoms with Crippen molar-refractivity contribution in [3.63, 3.8) is 0 Å². The van der Waals surface area contributed by atoms with Crippen LogP contribution in [-0.4, -0.2) is 13.1 Å². The van der Waals surface area contributed by atoms with Crippen LogP contribution in [0.5, 0.6) is 0 Å². The molecule has 1 heterocycles. The van der Waals surface area contributed by atoms with Gasteiger partial charge in [-0.25, -0.2) is 17.6 Å². The first-order valence-corrected chi connectivity index (χ1v) is 6.05. The van der Waals surface area contributed by atoms with Crippen LogP contribution < -0.4 is 5.32 Å². The summed E-state index contributed by atoms with van der Waals surface area (Å²) in [6.45, 7) is 1.08. The van der Waals surface area contributed by atoms with Crippen molar-refractivity contribution in [3.05, 3.63) is 33.3 Å². The van der Waals surface area contributed by atoms with Gasteiger partial charge in [0.15, 0.2) is 23.3 Å². The molecule has 1 N–H and O–H groups in total. The van der Waals surface area contributed by atoms with Crippen LogP contribution in [0.2, 0.25) is 0 Å². The Labute approximate surface area is 104 Å². The normalized spacial score (nSPS) is 20.6. The number of halogens is 5. The highest BCUT2D eigenvalue weighted by Gasteiger charge is 2.29. The summed E-state index contributed by atoms with van der Waals surface area (Å²) in [6.07, 6.45) is 1.24. The van der Waals surface area contributed by atoms with Gasteiger partial charge in [-0.3, -0.25) is 0 Å². The summed E-state index contributed by atoms with van der Waals surface area (Å²) in [5.41, 5.74) is -0.490. The summed E-state index contributed by atoms with van der Waals surface area (Å²) in [7, 11) is 0. The molecule has 0 aromatic heterocycles. The number of hydrogen-bond donors (Lipinski definition) is 1. The topological polar surface area (TPSA) is 12.0 Å². The summed E-state index contributed by atoms with van der Waals surface area (Å²) in [4.78, 5) is 0. The first-order valence-electron chi connectivity index (χ1n) is 5.26. The summed E-state index contributed by atoms with van der Waals surface area (Å²) in [6, 6.07) is 0. The Morgan fingerprint density at radius 2 is 1.59 bits per heavy atom. The van der Waals surface area contributed by atoms with Crippen molar-refractivity contribution in [2.24, 2.45) is 0 Å². The Kier molecular flexibility index (Phi) is 3.73. The fourth-order valence-electron chi connectivity index (χ4n) is 2.08. The highest BCUT2D eigenvalue weighted by molar-refractivity contribution is 9.10. The Morgan fingerprint density at radius 1 is 1.00 bits per heavy atom. The minimum absolute atomic E-state index is 0.328. The van der Waals surface area contributed by atoms with E-state index in [9.17, 15) is 17.6 Å². The van der Waals surface area contributed by atoms with Gasteiger partial charge in [-0.2, -0.15) is 0 Å². The standard InChI is InChI=1S/C11H10BrF4N/c12-7-10(15)8(13)6(9(14)11(7)16)5-2-1-3-17-4-5/h5,17H,1-4H2. The molecular weight excluding hydrogens is 302 g/mol. The molecular formula is C11H10BrF4N. The van der Waals surface area contributed by atoms with Crippen molar-refractivity contribution in [1.29, 1.82) is 0 Å². The highest BCUT2D eigenvalue weighted by Crippen LogP contribution is 2.34. The van der Waals surface area contributed by atoms with Crippen LogP contribution >= 0.6 is 15.9 Å². The predicted molar refractivity (Wildman–Crippen MR) is 58.8 cm³/mol. The monoisotopic (exact) mass is 311 g/mol. The molecule has 17 heavy (non-hydrogen) atoms. The summed E-state index contributed by atoms with van der Waals surface area (Å²) >= 11 is 2.49. The fourth-order valence-corrected chi connectivity index (χ4v) is 2.43. The van der Waals surface area contributed by atoms with Crippen molar-refractivity contribution >= 4 is 15.9 Å². The van der Waals surface area contributed by atoms with E-state index in [0.717, 1.165) is 13.0 Å². The highest BCUT2D eigenvalue weighted by atomic mass is 79.9. The van der Waals surface area contributed by atoms with Crippen LogP contribution in [0.15, 0.2) is 4.47 Å². The molecule has 6 heteroatoms. The van der Waals surface area contributed by atoms with E-state index >= 15 is 0 Å². The molecule has 1 aliphatic heterocycles. The third-order valence-electron chi connectivity index (χ3n) is 2.95. The first-order chi connectivity index (χ1) is 8.04. The lowest BCUT2D eigenvalue weighted by atomic mass is 9.90. The number of rotatable bonds is 1.